The smallest absolute Gasteiger partial charge is 0.119 e. The maximum atomic E-state index is 10.7. The fourth-order valence-corrected chi connectivity index (χ4v) is 2.34. The molecule has 2 aromatic rings. The van der Waals surface area contributed by atoms with Gasteiger partial charge in [0.15, 0.2) is 0 Å². The molecule has 0 N–H and O–H groups in total. The minimum Gasteiger partial charge on any atom is -0.768 e. The summed E-state index contributed by atoms with van der Waals surface area (Å²) in [6.07, 6.45) is 0. The Bertz CT molecular complexity index is 579. The predicted octanol–water partition coefficient (Wildman–Crippen LogP) is 3.81. The summed E-state index contributed by atoms with van der Waals surface area (Å²) in [5.74, 6) is 0.546. The van der Waals surface area contributed by atoms with Crippen molar-refractivity contribution in [1.82, 2.24) is 0 Å². The van der Waals surface area contributed by atoms with Crippen molar-refractivity contribution in [3.63, 3.8) is 0 Å². The summed E-state index contributed by atoms with van der Waals surface area (Å²) in [5, 5.41) is 1.06. The largest absolute Gasteiger partial charge is 0.768 e. The van der Waals surface area contributed by atoms with Gasteiger partial charge in [-0.2, -0.15) is 0 Å². The van der Waals surface area contributed by atoms with Gasteiger partial charge in [-0.1, -0.05) is 29.3 Å². The summed E-state index contributed by atoms with van der Waals surface area (Å²) in [4.78, 5) is 0.211. The molecular weight excluding hydrogens is 307 g/mol. The minimum absolute atomic E-state index is 0.211. The zero-order valence-corrected chi connectivity index (χ0v) is 12.0. The summed E-state index contributed by atoms with van der Waals surface area (Å²) < 4.78 is 26.9. The number of ether oxygens (including phenoxy) is 1. The Morgan fingerprint density at radius 1 is 1.05 bits per heavy atom. The molecule has 0 fully saturated rings. The third kappa shape index (κ3) is 3.70. The molecule has 0 bridgehead atoms. The molecule has 1 atom stereocenters. The molecule has 0 radical (unpaired) electrons. The van der Waals surface area contributed by atoms with Gasteiger partial charge in [0.2, 0.25) is 0 Å². The highest BCUT2D eigenvalue weighted by Crippen LogP contribution is 2.26. The van der Waals surface area contributed by atoms with Crippen molar-refractivity contribution in [2.24, 2.45) is 0 Å². The summed E-state index contributed by atoms with van der Waals surface area (Å²) >= 11 is 9.80. The molecule has 19 heavy (non-hydrogen) atoms. The van der Waals surface area contributed by atoms with E-state index in [1.54, 1.807) is 30.3 Å². The second-order valence-electron chi connectivity index (χ2n) is 3.69. The van der Waals surface area contributed by atoms with Crippen molar-refractivity contribution in [2.75, 3.05) is 0 Å². The molecule has 2 rings (SSSR count). The first-order chi connectivity index (χ1) is 9.08. The lowest BCUT2D eigenvalue weighted by Gasteiger charge is -2.10. The zero-order chi connectivity index (χ0) is 13.8. The van der Waals surface area contributed by atoms with Crippen LogP contribution in [-0.2, 0) is 17.7 Å². The Labute approximate surface area is 123 Å². The molecule has 0 saturated carbocycles. The average Bonchev–Trinajstić information content (AvgIpc) is 2.38. The lowest BCUT2D eigenvalue weighted by molar-refractivity contribution is 0.306. The van der Waals surface area contributed by atoms with Gasteiger partial charge >= 0.3 is 0 Å². The van der Waals surface area contributed by atoms with Gasteiger partial charge in [-0.05, 0) is 47.5 Å². The molecule has 0 heterocycles. The summed E-state index contributed by atoms with van der Waals surface area (Å²) in [6.45, 7) is 0.221. The van der Waals surface area contributed by atoms with Gasteiger partial charge in [-0.15, -0.1) is 0 Å². The van der Waals surface area contributed by atoms with Crippen LogP contribution in [0, 0.1) is 0 Å². The minimum atomic E-state index is -2.23. The van der Waals surface area contributed by atoms with E-state index in [4.69, 9.17) is 27.9 Å². The van der Waals surface area contributed by atoms with Crippen LogP contribution in [0.5, 0.6) is 5.75 Å². The summed E-state index contributed by atoms with van der Waals surface area (Å²) in [6, 6.07) is 11.3. The van der Waals surface area contributed by atoms with E-state index in [2.05, 4.69) is 0 Å². The molecule has 6 heteroatoms. The second kappa shape index (κ2) is 6.39. The molecule has 2 aromatic carbocycles. The van der Waals surface area contributed by atoms with E-state index in [1.807, 2.05) is 0 Å². The van der Waals surface area contributed by atoms with Crippen molar-refractivity contribution in [2.45, 2.75) is 11.5 Å². The number of hydrogen-bond donors (Lipinski definition) is 0. The van der Waals surface area contributed by atoms with E-state index in [0.29, 0.717) is 21.4 Å². The SMILES string of the molecule is O=S([O-])c1ccc(OCc2c(Cl)cccc2Cl)cc1. The van der Waals surface area contributed by atoms with Crippen molar-refractivity contribution in [1.29, 1.82) is 0 Å². The normalized spacial score (nSPS) is 12.2. The Morgan fingerprint density at radius 2 is 1.63 bits per heavy atom. The lowest BCUT2D eigenvalue weighted by Crippen LogP contribution is -1.97. The lowest BCUT2D eigenvalue weighted by atomic mass is 10.2. The molecule has 1 unspecified atom stereocenters. The Morgan fingerprint density at radius 3 is 2.16 bits per heavy atom. The Hall–Kier alpha value is -1.07. The molecule has 0 amide bonds. The first-order valence-electron chi connectivity index (χ1n) is 5.33. The maximum Gasteiger partial charge on any atom is 0.119 e. The van der Waals surface area contributed by atoms with Crippen molar-refractivity contribution in [3.05, 3.63) is 58.1 Å². The first-order valence-corrected chi connectivity index (χ1v) is 7.16. The van der Waals surface area contributed by atoms with Gasteiger partial charge in [0.1, 0.15) is 12.4 Å². The van der Waals surface area contributed by atoms with Crippen LogP contribution >= 0.6 is 23.2 Å². The van der Waals surface area contributed by atoms with Crippen LogP contribution in [0.25, 0.3) is 0 Å². The number of benzene rings is 2. The predicted molar refractivity (Wildman–Crippen MR) is 74.4 cm³/mol. The fraction of sp³-hybridized carbons (Fsp3) is 0.0769. The highest BCUT2D eigenvalue weighted by Gasteiger charge is 2.06. The van der Waals surface area contributed by atoms with Crippen LogP contribution in [0.3, 0.4) is 0 Å². The van der Waals surface area contributed by atoms with Crippen molar-refractivity contribution >= 4 is 34.3 Å². The zero-order valence-electron chi connectivity index (χ0n) is 9.64. The summed E-state index contributed by atoms with van der Waals surface area (Å²) in [7, 11) is 0. The van der Waals surface area contributed by atoms with E-state index in [9.17, 15) is 8.76 Å². The van der Waals surface area contributed by atoms with Crippen LogP contribution in [0.15, 0.2) is 47.4 Å². The Kier molecular flexibility index (Phi) is 4.82. The van der Waals surface area contributed by atoms with Crippen LogP contribution in [0.2, 0.25) is 10.0 Å². The quantitative estimate of drug-likeness (QED) is 0.806. The van der Waals surface area contributed by atoms with Gasteiger partial charge in [0, 0.05) is 20.5 Å². The topological polar surface area (TPSA) is 49.4 Å². The molecular formula is C13H9Cl2O3S-. The van der Waals surface area contributed by atoms with Gasteiger partial charge in [0.25, 0.3) is 0 Å². The number of halogens is 2. The fourth-order valence-electron chi connectivity index (χ4n) is 1.47. The maximum absolute atomic E-state index is 10.7. The molecule has 0 saturated heterocycles. The third-order valence-electron chi connectivity index (χ3n) is 2.46. The van der Waals surface area contributed by atoms with E-state index >= 15 is 0 Å². The van der Waals surface area contributed by atoms with E-state index < -0.39 is 11.1 Å². The van der Waals surface area contributed by atoms with Gasteiger partial charge in [0.05, 0.1) is 0 Å². The van der Waals surface area contributed by atoms with Gasteiger partial charge in [-0.25, -0.2) is 0 Å². The second-order valence-corrected chi connectivity index (χ2v) is 5.45. The van der Waals surface area contributed by atoms with Crippen LogP contribution in [0.1, 0.15) is 5.56 Å². The van der Waals surface area contributed by atoms with E-state index in [-0.39, 0.29) is 11.5 Å². The standard InChI is InChI=1S/C13H10Cl2O3S/c14-12-2-1-3-13(15)11(12)8-18-9-4-6-10(7-5-9)19(16)17/h1-7H,8H2,(H,16,17)/p-1. The van der Waals surface area contributed by atoms with Crippen LogP contribution in [-0.4, -0.2) is 8.76 Å². The third-order valence-corrected chi connectivity index (χ3v) is 3.83. The number of hydrogen-bond acceptors (Lipinski definition) is 3. The average molecular weight is 316 g/mol. The molecule has 0 aliphatic carbocycles. The highest BCUT2D eigenvalue weighted by atomic mass is 35.5. The first kappa shape index (κ1) is 14.3. The number of rotatable bonds is 4. The van der Waals surface area contributed by atoms with Crippen LogP contribution < -0.4 is 4.74 Å². The molecule has 0 aliphatic rings. The molecule has 100 valence electrons. The van der Waals surface area contributed by atoms with Crippen molar-refractivity contribution in [3.8, 4) is 5.75 Å². The molecule has 3 nitrogen and oxygen atoms in total. The summed E-state index contributed by atoms with van der Waals surface area (Å²) in [5.41, 5.74) is 0.697. The Balaban J connectivity index is 2.08. The van der Waals surface area contributed by atoms with E-state index in [0.717, 1.165) is 0 Å². The van der Waals surface area contributed by atoms with Crippen molar-refractivity contribution < 1.29 is 13.5 Å². The van der Waals surface area contributed by atoms with Crippen LogP contribution in [0.4, 0.5) is 0 Å². The highest BCUT2D eigenvalue weighted by molar-refractivity contribution is 7.79. The molecule has 0 aliphatic heterocycles. The molecule has 0 aromatic heterocycles. The van der Waals surface area contributed by atoms with Gasteiger partial charge < -0.3 is 9.29 Å². The van der Waals surface area contributed by atoms with Gasteiger partial charge in [-0.3, -0.25) is 4.21 Å². The monoisotopic (exact) mass is 315 g/mol. The molecule has 0 spiro atoms. The van der Waals surface area contributed by atoms with E-state index in [1.165, 1.54) is 12.1 Å².